The van der Waals surface area contributed by atoms with Gasteiger partial charge in [-0.15, -0.1) is 0 Å². The monoisotopic (exact) mass is 395 g/mol. The molecule has 0 N–H and O–H groups in total. The van der Waals surface area contributed by atoms with Gasteiger partial charge in [0.2, 0.25) is 5.78 Å². The molecule has 1 amide bonds. The highest BCUT2D eigenvalue weighted by Gasteiger charge is 2.25. The van der Waals surface area contributed by atoms with Gasteiger partial charge in [0, 0.05) is 12.1 Å². The maximum absolute atomic E-state index is 12.5. The predicted octanol–water partition coefficient (Wildman–Crippen LogP) is 3.46. The van der Waals surface area contributed by atoms with Crippen molar-refractivity contribution in [1.29, 1.82) is 0 Å². The van der Waals surface area contributed by atoms with Crippen molar-refractivity contribution in [2.75, 3.05) is 24.7 Å². The Hall–Kier alpha value is -3.15. The van der Waals surface area contributed by atoms with Crippen LogP contribution in [0.1, 0.15) is 39.0 Å². The highest BCUT2D eigenvalue weighted by atomic mass is 16.5. The second-order valence-corrected chi connectivity index (χ2v) is 7.25. The zero-order valence-corrected chi connectivity index (χ0v) is 17.2. The molecule has 0 saturated heterocycles. The molecule has 3 rings (SSSR count). The lowest BCUT2D eigenvalue weighted by molar-refractivity contribution is -0.142. The van der Waals surface area contributed by atoms with Crippen LogP contribution in [0.5, 0.6) is 5.75 Å². The van der Waals surface area contributed by atoms with Gasteiger partial charge in [-0.3, -0.25) is 14.4 Å². The first kappa shape index (κ1) is 20.6. The molecule has 152 valence electrons. The van der Waals surface area contributed by atoms with E-state index in [4.69, 9.17) is 9.47 Å². The SMILES string of the molecule is Cc1cc(C(=O)COC(=O)CCN2C(=O)COc3ccccc32)c(C)c(C)c1C. The molecule has 0 atom stereocenters. The number of Topliss-reactive ketones (excluding diaryl/α,β-unsaturated/α-hetero) is 1. The van der Waals surface area contributed by atoms with Crippen LogP contribution in [0.3, 0.4) is 0 Å². The summed E-state index contributed by atoms with van der Waals surface area (Å²) in [6.45, 7) is 7.67. The fraction of sp³-hybridized carbons (Fsp3) is 0.348. The fourth-order valence-corrected chi connectivity index (χ4v) is 3.40. The molecule has 0 unspecified atom stereocenters. The lowest BCUT2D eigenvalue weighted by Crippen LogP contribution is -2.40. The molecule has 0 fully saturated rings. The number of anilines is 1. The quantitative estimate of drug-likeness (QED) is 0.553. The molecule has 29 heavy (non-hydrogen) atoms. The van der Waals surface area contributed by atoms with Gasteiger partial charge in [-0.2, -0.15) is 0 Å². The van der Waals surface area contributed by atoms with Gasteiger partial charge in [0.05, 0.1) is 12.1 Å². The number of hydrogen-bond donors (Lipinski definition) is 0. The molecular weight excluding hydrogens is 370 g/mol. The first-order chi connectivity index (χ1) is 13.8. The third-order valence-corrected chi connectivity index (χ3v) is 5.49. The van der Waals surface area contributed by atoms with Crippen LogP contribution in [0.25, 0.3) is 0 Å². The summed E-state index contributed by atoms with van der Waals surface area (Å²) in [6.07, 6.45) is -0.00170. The summed E-state index contributed by atoms with van der Waals surface area (Å²) in [5.74, 6) is -0.354. The average Bonchev–Trinajstić information content (AvgIpc) is 2.72. The molecule has 0 spiro atoms. The van der Waals surface area contributed by atoms with E-state index in [1.807, 2.05) is 39.8 Å². The number of carbonyl (C=O) groups is 3. The average molecular weight is 395 g/mol. The van der Waals surface area contributed by atoms with Crippen LogP contribution < -0.4 is 9.64 Å². The van der Waals surface area contributed by atoms with E-state index in [-0.39, 0.29) is 37.9 Å². The summed E-state index contributed by atoms with van der Waals surface area (Å²) in [5, 5.41) is 0. The molecule has 1 heterocycles. The summed E-state index contributed by atoms with van der Waals surface area (Å²) in [6, 6.07) is 9.02. The van der Waals surface area contributed by atoms with Crippen molar-refractivity contribution < 1.29 is 23.9 Å². The van der Waals surface area contributed by atoms with Crippen LogP contribution in [0.15, 0.2) is 30.3 Å². The van der Waals surface area contributed by atoms with E-state index in [1.165, 1.54) is 4.90 Å². The van der Waals surface area contributed by atoms with E-state index < -0.39 is 5.97 Å². The predicted molar refractivity (Wildman–Crippen MR) is 110 cm³/mol. The van der Waals surface area contributed by atoms with Crippen molar-refractivity contribution >= 4 is 23.3 Å². The normalized spacial score (nSPS) is 13.0. The largest absolute Gasteiger partial charge is 0.482 e. The van der Waals surface area contributed by atoms with E-state index >= 15 is 0 Å². The van der Waals surface area contributed by atoms with Crippen LogP contribution >= 0.6 is 0 Å². The first-order valence-electron chi connectivity index (χ1n) is 9.58. The Bertz CT molecular complexity index is 979. The number of carbonyl (C=O) groups excluding carboxylic acids is 3. The molecule has 0 aliphatic carbocycles. The number of hydrogen-bond acceptors (Lipinski definition) is 5. The van der Waals surface area contributed by atoms with E-state index in [0.717, 1.165) is 22.3 Å². The summed E-state index contributed by atoms with van der Waals surface area (Å²) in [4.78, 5) is 38.4. The van der Waals surface area contributed by atoms with Crippen LogP contribution in [0, 0.1) is 27.7 Å². The summed E-state index contributed by atoms with van der Waals surface area (Å²) < 4.78 is 10.6. The Morgan fingerprint density at radius 1 is 1.07 bits per heavy atom. The number of benzene rings is 2. The van der Waals surface area contributed by atoms with Gasteiger partial charge in [-0.1, -0.05) is 12.1 Å². The molecule has 0 radical (unpaired) electrons. The molecule has 1 aliphatic rings. The molecule has 2 aromatic rings. The van der Waals surface area contributed by atoms with Crippen molar-refractivity contribution in [1.82, 2.24) is 0 Å². The number of ketones is 1. The van der Waals surface area contributed by atoms with Crippen LogP contribution in [0.2, 0.25) is 0 Å². The lowest BCUT2D eigenvalue weighted by Gasteiger charge is -2.28. The fourth-order valence-electron chi connectivity index (χ4n) is 3.40. The maximum Gasteiger partial charge on any atom is 0.308 e. The van der Waals surface area contributed by atoms with Gasteiger partial charge in [0.25, 0.3) is 5.91 Å². The first-order valence-corrected chi connectivity index (χ1v) is 9.58. The smallest absolute Gasteiger partial charge is 0.308 e. The topological polar surface area (TPSA) is 72.9 Å². The second kappa shape index (κ2) is 8.47. The summed E-state index contributed by atoms with van der Waals surface area (Å²) in [7, 11) is 0. The van der Waals surface area contributed by atoms with E-state index in [1.54, 1.807) is 18.2 Å². The van der Waals surface area contributed by atoms with Crippen LogP contribution in [-0.4, -0.2) is 37.4 Å². The van der Waals surface area contributed by atoms with E-state index in [0.29, 0.717) is 17.0 Å². The number of para-hydroxylation sites is 2. The van der Waals surface area contributed by atoms with Crippen LogP contribution in [0.4, 0.5) is 5.69 Å². The van der Waals surface area contributed by atoms with Gasteiger partial charge >= 0.3 is 5.97 Å². The van der Waals surface area contributed by atoms with Crippen molar-refractivity contribution in [3.8, 4) is 5.75 Å². The number of nitrogens with zero attached hydrogens (tertiary/aromatic N) is 1. The third-order valence-electron chi connectivity index (χ3n) is 5.49. The highest BCUT2D eigenvalue weighted by Crippen LogP contribution is 2.31. The van der Waals surface area contributed by atoms with E-state index in [2.05, 4.69) is 0 Å². The standard InChI is InChI=1S/C23H25NO5/c1-14-11-18(17(4)16(3)15(14)2)20(25)12-29-23(27)9-10-24-19-7-5-6-8-21(19)28-13-22(24)26/h5-8,11H,9-10,12-13H2,1-4H3. The minimum atomic E-state index is -0.520. The Morgan fingerprint density at radius 2 is 1.79 bits per heavy atom. The van der Waals surface area contributed by atoms with Crippen molar-refractivity contribution in [2.24, 2.45) is 0 Å². The Morgan fingerprint density at radius 3 is 2.55 bits per heavy atom. The Balaban J connectivity index is 1.59. The minimum absolute atomic E-state index is 0.00170. The van der Waals surface area contributed by atoms with E-state index in [9.17, 15) is 14.4 Å². The summed E-state index contributed by atoms with van der Waals surface area (Å²) >= 11 is 0. The molecular formula is C23H25NO5. The van der Waals surface area contributed by atoms with Crippen LogP contribution in [-0.2, 0) is 14.3 Å². The molecule has 1 aliphatic heterocycles. The van der Waals surface area contributed by atoms with Gasteiger partial charge in [0.1, 0.15) is 5.75 Å². The molecule has 6 nitrogen and oxygen atoms in total. The number of fused-ring (bicyclic) bond motifs is 1. The Kier molecular flexibility index (Phi) is 6.01. The lowest BCUT2D eigenvalue weighted by atomic mass is 9.93. The third kappa shape index (κ3) is 4.31. The Labute approximate surface area is 170 Å². The van der Waals surface area contributed by atoms with Gasteiger partial charge in [0.15, 0.2) is 13.2 Å². The number of amides is 1. The zero-order chi connectivity index (χ0) is 21.1. The highest BCUT2D eigenvalue weighted by molar-refractivity contribution is 6.00. The van der Waals surface area contributed by atoms with Crippen molar-refractivity contribution in [2.45, 2.75) is 34.1 Å². The van der Waals surface area contributed by atoms with Gasteiger partial charge in [-0.05, 0) is 68.1 Å². The van der Waals surface area contributed by atoms with Gasteiger partial charge < -0.3 is 14.4 Å². The molecule has 0 aromatic heterocycles. The van der Waals surface area contributed by atoms with Crippen molar-refractivity contribution in [3.05, 3.63) is 58.1 Å². The number of rotatable bonds is 6. The second-order valence-electron chi connectivity index (χ2n) is 7.25. The summed E-state index contributed by atoms with van der Waals surface area (Å²) in [5.41, 5.74) is 5.39. The maximum atomic E-state index is 12.5. The molecule has 6 heteroatoms. The number of ether oxygens (including phenoxy) is 2. The van der Waals surface area contributed by atoms with Crippen molar-refractivity contribution in [3.63, 3.8) is 0 Å². The van der Waals surface area contributed by atoms with Gasteiger partial charge in [-0.25, -0.2) is 0 Å². The molecule has 0 bridgehead atoms. The molecule has 0 saturated carbocycles. The zero-order valence-electron chi connectivity index (χ0n) is 17.2. The molecule has 2 aromatic carbocycles. The minimum Gasteiger partial charge on any atom is -0.482 e. The number of esters is 1. The number of aryl methyl sites for hydroxylation is 1.